The maximum absolute atomic E-state index is 11.8. The van der Waals surface area contributed by atoms with E-state index in [1.165, 1.54) is 0 Å². The van der Waals surface area contributed by atoms with Crippen LogP contribution in [0.1, 0.15) is 37.7 Å². The van der Waals surface area contributed by atoms with Crippen LogP contribution < -0.4 is 5.73 Å². The lowest BCUT2D eigenvalue weighted by Crippen LogP contribution is -2.03. The highest BCUT2D eigenvalue weighted by Crippen LogP contribution is 2.21. The first-order valence-electron chi connectivity index (χ1n) is 6.29. The van der Waals surface area contributed by atoms with E-state index in [1.54, 1.807) is 18.2 Å². The molecule has 1 rings (SSSR count). The highest BCUT2D eigenvalue weighted by molar-refractivity contribution is 6.33. The van der Waals surface area contributed by atoms with E-state index in [-0.39, 0.29) is 5.78 Å². The van der Waals surface area contributed by atoms with E-state index in [2.05, 4.69) is 0 Å². The molecule has 0 aliphatic heterocycles. The van der Waals surface area contributed by atoms with Crippen molar-refractivity contribution in [3.05, 3.63) is 33.8 Å². The average Bonchev–Trinajstić information content (AvgIpc) is 2.33. The van der Waals surface area contributed by atoms with Gasteiger partial charge < -0.3 is 5.73 Å². The van der Waals surface area contributed by atoms with Gasteiger partial charge in [0.1, 0.15) is 5.78 Å². The molecule has 0 bridgehead atoms. The average molecular weight is 288 g/mol. The Hall–Kier alpha value is -0.570. The zero-order valence-electron chi connectivity index (χ0n) is 10.4. The maximum atomic E-state index is 11.8. The summed E-state index contributed by atoms with van der Waals surface area (Å²) in [7, 11) is 0. The van der Waals surface area contributed by atoms with E-state index in [1.807, 2.05) is 0 Å². The van der Waals surface area contributed by atoms with Gasteiger partial charge in [-0.15, -0.1) is 0 Å². The van der Waals surface area contributed by atoms with Crippen LogP contribution in [0.3, 0.4) is 0 Å². The fraction of sp³-hybridized carbons (Fsp3) is 0.500. The quantitative estimate of drug-likeness (QED) is 0.734. The minimum atomic E-state index is 0.215. The number of carbonyl (C=O) groups excluding carboxylic acids is 1. The molecule has 4 heteroatoms. The SMILES string of the molecule is NCCCCCCC(=O)Cc1cc(Cl)ccc1Cl. The topological polar surface area (TPSA) is 43.1 Å². The monoisotopic (exact) mass is 287 g/mol. The lowest BCUT2D eigenvalue weighted by Gasteiger charge is -2.04. The van der Waals surface area contributed by atoms with Gasteiger partial charge in [-0.2, -0.15) is 0 Å². The van der Waals surface area contributed by atoms with E-state index < -0.39 is 0 Å². The Morgan fingerprint density at radius 3 is 2.56 bits per heavy atom. The van der Waals surface area contributed by atoms with Gasteiger partial charge in [0.15, 0.2) is 0 Å². The van der Waals surface area contributed by atoms with Gasteiger partial charge in [0, 0.05) is 22.9 Å². The molecule has 0 radical (unpaired) electrons. The van der Waals surface area contributed by atoms with Gasteiger partial charge in [0.2, 0.25) is 0 Å². The number of nitrogens with two attached hydrogens (primary N) is 1. The molecule has 1 aromatic carbocycles. The van der Waals surface area contributed by atoms with Crippen LogP contribution in [0.2, 0.25) is 10.0 Å². The van der Waals surface area contributed by atoms with Crippen LogP contribution in [0.15, 0.2) is 18.2 Å². The predicted octanol–water partition coefficient (Wildman–Crippen LogP) is 4.01. The van der Waals surface area contributed by atoms with Crippen LogP contribution in [0.25, 0.3) is 0 Å². The van der Waals surface area contributed by atoms with Gasteiger partial charge in [-0.3, -0.25) is 4.79 Å². The summed E-state index contributed by atoms with van der Waals surface area (Å²) in [5, 5.41) is 1.22. The Morgan fingerprint density at radius 2 is 1.83 bits per heavy atom. The van der Waals surface area contributed by atoms with Crippen LogP contribution >= 0.6 is 23.2 Å². The molecule has 0 fully saturated rings. The van der Waals surface area contributed by atoms with Gasteiger partial charge in [-0.25, -0.2) is 0 Å². The lowest BCUT2D eigenvalue weighted by atomic mass is 10.0. The van der Waals surface area contributed by atoms with E-state index >= 15 is 0 Å². The Morgan fingerprint density at radius 1 is 1.11 bits per heavy atom. The molecule has 2 N–H and O–H groups in total. The Balaban J connectivity index is 2.33. The number of hydrogen-bond donors (Lipinski definition) is 1. The Labute approximate surface area is 118 Å². The second-order valence-corrected chi connectivity index (χ2v) is 5.25. The summed E-state index contributed by atoms with van der Waals surface area (Å²) in [6.07, 6.45) is 5.10. The number of Topliss-reactive ketones (excluding diaryl/α,β-unsaturated/α-hetero) is 1. The van der Waals surface area contributed by atoms with Crippen molar-refractivity contribution < 1.29 is 4.79 Å². The fourth-order valence-electron chi connectivity index (χ4n) is 1.80. The van der Waals surface area contributed by atoms with Crippen LogP contribution in [0.5, 0.6) is 0 Å². The minimum absolute atomic E-state index is 0.215. The summed E-state index contributed by atoms with van der Waals surface area (Å²) in [4.78, 5) is 11.8. The molecular formula is C14H19Cl2NO. The Kier molecular flexibility index (Phi) is 7.33. The third-order valence-corrected chi connectivity index (χ3v) is 3.41. The number of benzene rings is 1. The molecule has 18 heavy (non-hydrogen) atoms. The van der Waals surface area contributed by atoms with Crippen molar-refractivity contribution in [3.8, 4) is 0 Å². The molecule has 2 nitrogen and oxygen atoms in total. The second-order valence-electron chi connectivity index (χ2n) is 4.40. The van der Waals surface area contributed by atoms with Gasteiger partial charge in [-0.1, -0.05) is 36.0 Å². The molecule has 0 saturated heterocycles. The number of hydrogen-bond acceptors (Lipinski definition) is 2. The first-order chi connectivity index (χ1) is 8.63. The van der Waals surface area contributed by atoms with Crippen LogP contribution in [0, 0.1) is 0 Å². The highest BCUT2D eigenvalue weighted by atomic mass is 35.5. The summed E-state index contributed by atoms with van der Waals surface area (Å²) >= 11 is 11.9. The summed E-state index contributed by atoms with van der Waals surface area (Å²) in [6, 6.07) is 5.22. The largest absolute Gasteiger partial charge is 0.330 e. The van der Waals surface area contributed by atoms with Crippen molar-refractivity contribution in [1.82, 2.24) is 0 Å². The van der Waals surface area contributed by atoms with Gasteiger partial charge in [0.05, 0.1) is 0 Å². The second kappa shape index (κ2) is 8.52. The summed E-state index contributed by atoms with van der Waals surface area (Å²) in [5.41, 5.74) is 6.23. The van der Waals surface area contributed by atoms with Crippen LogP contribution in [-0.2, 0) is 11.2 Å². The van der Waals surface area contributed by atoms with Crippen molar-refractivity contribution in [2.75, 3.05) is 6.54 Å². The number of carbonyl (C=O) groups is 1. The molecule has 0 amide bonds. The highest BCUT2D eigenvalue weighted by Gasteiger charge is 2.07. The molecule has 0 aliphatic rings. The third kappa shape index (κ3) is 5.85. The van der Waals surface area contributed by atoms with Gasteiger partial charge in [0.25, 0.3) is 0 Å². The molecular weight excluding hydrogens is 269 g/mol. The number of unbranched alkanes of at least 4 members (excludes halogenated alkanes) is 3. The molecule has 0 saturated carbocycles. The van der Waals surface area contributed by atoms with E-state index in [4.69, 9.17) is 28.9 Å². The van der Waals surface area contributed by atoms with Crippen molar-refractivity contribution in [3.63, 3.8) is 0 Å². The molecule has 0 aliphatic carbocycles. The van der Waals surface area contributed by atoms with E-state index in [9.17, 15) is 4.79 Å². The lowest BCUT2D eigenvalue weighted by molar-refractivity contribution is -0.118. The standard InChI is InChI=1S/C14H19Cl2NO/c15-12-6-7-14(16)11(9-12)10-13(18)5-3-1-2-4-8-17/h6-7,9H,1-5,8,10,17H2. The molecule has 0 spiro atoms. The van der Waals surface area contributed by atoms with Crippen molar-refractivity contribution in [2.24, 2.45) is 5.73 Å². The van der Waals surface area contributed by atoms with Crippen molar-refractivity contribution >= 4 is 29.0 Å². The predicted molar refractivity (Wildman–Crippen MR) is 77.3 cm³/mol. The van der Waals surface area contributed by atoms with Crippen molar-refractivity contribution in [2.45, 2.75) is 38.5 Å². The molecule has 0 atom stereocenters. The van der Waals surface area contributed by atoms with Crippen LogP contribution in [0.4, 0.5) is 0 Å². The molecule has 1 aromatic rings. The zero-order valence-corrected chi connectivity index (χ0v) is 11.9. The first-order valence-corrected chi connectivity index (χ1v) is 7.04. The normalized spacial score (nSPS) is 10.6. The van der Waals surface area contributed by atoms with Gasteiger partial charge in [-0.05, 0) is 43.1 Å². The molecule has 100 valence electrons. The molecule has 0 unspecified atom stereocenters. The minimum Gasteiger partial charge on any atom is -0.330 e. The first kappa shape index (κ1) is 15.5. The zero-order chi connectivity index (χ0) is 13.4. The smallest absolute Gasteiger partial charge is 0.137 e. The maximum Gasteiger partial charge on any atom is 0.137 e. The third-order valence-electron chi connectivity index (χ3n) is 2.81. The number of rotatable bonds is 8. The van der Waals surface area contributed by atoms with Gasteiger partial charge >= 0.3 is 0 Å². The number of halogens is 2. The number of ketones is 1. The summed E-state index contributed by atoms with van der Waals surface area (Å²) < 4.78 is 0. The van der Waals surface area contributed by atoms with Crippen molar-refractivity contribution in [1.29, 1.82) is 0 Å². The summed E-state index contributed by atoms with van der Waals surface area (Å²) in [5.74, 6) is 0.215. The summed E-state index contributed by atoms with van der Waals surface area (Å²) in [6.45, 7) is 0.728. The molecule has 0 heterocycles. The molecule has 0 aromatic heterocycles. The van der Waals surface area contributed by atoms with Crippen LogP contribution in [-0.4, -0.2) is 12.3 Å². The Bertz CT molecular complexity index is 393. The fourth-order valence-corrected chi connectivity index (χ4v) is 2.18. The van der Waals surface area contributed by atoms with E-state index in [0.29, 0.717) is 22.9 Å². The van der Waals surface area contributed by atoms with E-state index in [0.717, 1.165) is 37.8 Å².